The fourth-order valence-corrected chi connectivity index (χ4v) is 2.62. The van der Waals surface area contributed by atoms with Crippen molar-refractivity contribution >= 4 is 32.8 Å². The zero-order valence-electron chi connectivity index (χ0n) is 8.78. The van der Waals surface area contributed by atoms with Crippen molar-refractivity contribution in [3.05, 3.63) is 27.9 Å². The van der Waals surface area contributed by atoms with Crippen LogP contribution in [0.1, 0.15) is 16.1 Å². The minimum Gasteiger partial charge on any atom is -0.507 e. The molecule has 0 aliphatic heterocycles. The van der Waals surface area contributed by atoms with E-state index in [2.05, 4.69) is 15.9 Å². The molecular formula is C11H10BrNO3. The first-order valence-corrected chi connectivity index (χ1v) is 5.44. The lowest BCUT2D eigenvalue weighted by Gasteiger charge is -2.00. The second-order valence-corrected chi connectivity index (χ2v) is 4.42. The molecule has 0 bridgehead atoms. The highest BCUT2D eigenvalue weighted by Gasteiger charge is 2.20. The van der Waals surface area contributed by atoms with Gasteiger partial charge in [0.25, 0.3) is 0 Å². The second-order valence-electron chi connectivity index (χ2n) is 3.63. The molecule has 4 nitrogen and oxygen atoms in total. The van der Waals surface area contributed by atoms with Gasteiger partial charge in [-0.1, -0.05) is 0 Å². The molecule has 84 valence electrons. The Morgan fingerprint density at radius 3 is 2.62 bits per heavy atom. The molecule has 0 amide bonds. The first-order valence-electron chi connectivity index (χ1n) is 4.65. The molecule has 16 heavy (non-hydrogen) atoms. The minimum absolute atomic E-state index is 0.109. The molecule has 0 saturated carbocycles. The Hall–Kier alpha value is -1.49. The molecule has 2 aromatic rings. The summed E-state index contributed by atoms with van der Waals surface area (Å²) in [7, 11) is 1.70. The van der Waals surface area contributed by atoms with Crippen LogP contribution in [0.4, 0.5) is 0 Å². The summed E-state index contributed by atoms with van der Waals surface area (Å²) in [6.45, 7) is 1.73. The molecule has 2 N–H and O–H groups in total. The third kappa shape index (κ3) is 1.31. The maximum Gasteiger partial charge on any atom is 0.352 e. The Morgan fingerprint density at radius 2 is 2.06 bits per heavy atom. The highest BCUT2D eigenvalue weighted by Crippen LogP contribution is 2.36. The molecule has 0 unspecified atom stereocenters. The second kappa shape index (κ2) is 3.52. The number of aromatic carboxylic acids is 1. The van der Waals surface area contributed by atoms with E-state index >= 15 is 0 Å². The van der Waals surface area contributed by atoms with E-state index in [-0.39, 0.29) is 11.4 Å². The summed E-state index contributed by atoms with van der Waals surface area (Å²) in [5, 5.41) is 19.4. The number of phenolic OH excluding ortho intramolecular Hbond substituents is 1. The van der Waals surface area contributed by atoms with Gasteiger partial charge in [0.05, 0.1) is 9.99 Å². The molecule has 0 aliphatic rings. The number of rotatable bonds is 1. The van der Waals surface area contributed by atoms with Crippen molar-refractivity contribution < 1.29 is 15.0 Å². The van der Waals surface area contributed by atoms with Crippen LogP contribution in [0, 0.1) is 6.92 Å². The standard InChI is InChI=1S/C11H10BrNO3/c1-5-8-6(3-4-7(14)9(8)12)13(2)10(5)11(15)16/h3-4,14H,1-2H3,(H,15,16). The van der Waals surface area contributed by atoms with Crippen LogP contribution in [0.15, 0.2) is 16.6 Å². The summed E-state index contributed by atoms with van der Waals surface area (Å²) < 4.78 is 2.14. The topological polar surface area (TPSA) is 62.5 Å². The van der Waals surface area contributed by atoms with Crippen molar-refractivity contribution in [1.82, 2.24) is 4.57 Å². The molecule has 5 heteroatoms. The molecule has 1 aromatic carbocycles. The number of aromatic hydroxyl groups is 1. The monoisotopic (exact) mass is 283 g/mol. The fourth-order valence-electron chi connectivity index (χ4n) is 1.99. The van der Waals surface area contributed by atoms with Gasteiger partial charge in [-0.25, -0.2) is 4.79 Å². The molecule has 0 radical (unpaired) electrons. The average molecular weight is 284 g/mol. The quantitative estimate of drug-likeness (QED) is 0.846. The molecule has 0 atom stereocenters. The summed E-state index contributed by atoms with van der Waals surface area (Å²) in [6.07, 6.45) is 0. The van der Waals surface area contributed by atoms with Gasteiger partial charge in [0.1, 0.15) is 11.4 Å². The van der Waals surface area contributed by atoms with Crippen LogP contribution < -0.4 is 0 Å². The van der Waals surface area contributed by atoms with Gasteiger partial charge in [-0.2, -0.15) is 0 Å². The van der Waals surface area contributed by atoms with Crippen molar-refractivity contribution in [2.45, 2.75) is 6.92 Å². The number of carboxylic acid groups (broad SMARTS) is 1. The number of fused-ring (bicyclic) bond motifs is 1. The summed E-state index contributed by atoms with van der Waals surface area (Å²) >= 11 is 3.27. The third-order valence-corrected chi connectivity index (χ3v) is 3.53. The van der Waals surface area contributed by atoms with Crippen molar-refractivity contribution in [1.29, 1.82) is 0 Å². The van der Waals surface area contributed by atoms with Crippen LogP contribution in [0.5, 0.6) is 5.75 Å². The van der Waals surface area contributed by atoms with Gasteiger partial charge in [0.2, 0.25) is 0 Å². The minimum atomic E-state index is -0.970. The van der Waals surface area contributed by atoms with Crippen LogP contribution in [0.2, 0.25) is 0 Å². The highest BCUT2D eigenvalue weighted by molar-refractivity contribution is 9.10. The summed E-state index contributed by atoms with van der Waals surface area (Å²) in [6, 6.07) is 3.24. The Kier molecular flexibility index (Phi) is 2.42. The molecule has 0 saturated heterocycles. The molecule has 0 spiro atoms. The predicted molar refractivity (Wildman–Crippen MR) is 64.0 cm³/mol. The summed E-state index contributed by atoms with van der Waals surface area (Å²) in [4.78, 5) is 11.1. The van der Waals surface area contributed by atoms with Crippen LogP contribution in [-0.2, 0) is 7.05 Å². The lowest BCUT2D eigenvalue weighted by Crippen LogP contribution is -2.05. The number of carboxylic acids is 1. The highest BCUT2D eigenvalue weighted by atomic mass is 79.9. The van der Waals surface area contributed by atoms with Gasteiger partial charge >= 0.3 is 5.97 Å². The number of phenols is 1. The number of carbonyl (C=O) groups is 1. The number of halogens is 1. The Bertz CT molecular complexity index is 601. The van der Waals surface area contributed by atoms with E-state index in [1.807, 2.05) is 0 Å². The largest absolute Gasteiger partial charge is 0.507 e. The van der Waals surface area contributed by atoms with Crippen LogP contribution in [-0.4, -0.2) is 20.7 Å². The number of nitrogens with zero attached hydrogens (tertiary/aromatic N) is 1. The maximum absolute atomic E-state index is 11.1. The molecular weight excluding hydrogens is 274 g/mol. The van der Waals surface area contributed by atoms with Crippen LogP contribution in [0.25, 0.3) is 10.9 Å². The fraction of sp³-hybridized carbons (Fsp3) is 0.182. The number of hydrogen-bond donors (Lipinski definition) is 2. The number of benzene rings is 1. The lowest BCUT2D eigenvalue weighted by atomic mass is 10.1. The van der Waals surface area contributed by atoms with Gasteiger partial charge < -0.3 is 14.8 Å². The lowest BCUT2D eigenvalue weighted by molar-refractivity contribution is 0.0686. The molecule has 2 rings (SSSR count). The molecule has 1 aromatic heterocycles. The predicted octanol–water partition coefficient (Wildman–Crippen LogP) is 2.65. The zero-order chi connectivity index (χ0) is 12.0. The van der Waals surface area contributed by atoms with Crippen molar-refractivity contribution in [2.24, 2.45) is 7.05 Å². The van der Waals surface area contributed by atoms with E-state index in [0.717, 1.165) is 10.9 Å². The van der Waals surface area contributed by atoms with Crippen molar-refractivity contribution in [3.63, 3.8) is 0 Å². The first kappa shape index (κ1) is 11.0. The summed E-state index contributed by atoms with van der Waals surface area (Å²) in [5.74, 6) is -0.860. The van der Waals surface area contributed by atoms with Gasteiger partial charge in [-0.05, 0) is 40.5 Å². The normalized spacial score (nSPS) is 10.9. The van der Waals surface area contributed by atoms with E-state index in [1.165, 1.54) is 6.07 Å². The van der Waals surface area contributed by atoms with Gasteiger partial charge in [0, 0.05) is 12.4 Å². The van der Waals surface area contributed by atoms with Gasteiger partial charge in [-0.15, -0.1) is 0 Å². The smallest absolute Gasteiger partial charge is 0.352 e. The van der Waals surface area contributed by atoms with Gasteiger partial charge in [0.15, 0.2) is 0 Å². The zero-order valence-corrected chi connectivity index (χ0v) is 10.4. The van der Waals surface area contributed by atoms with Crippen molar-refractivity contribution in [3.8, 4) is 5.75 Å². The Balaban J connectivity index is 3.00. The van der Waals surface area contributed by atoms with E-state index in [1.54, 1.807) is 24.6 Å². The molecule has 0 fully saturated rings. The summed E-state index contributed by atoms with van der Waals surface area (Å²) in [5.41, 5.74) is 1.66. The van der Waals surface area contributed by atoms with Gasteiger partial charge in [-0.3, -0.25) is 0 Å². The number of hydrogen-bond acceptors (Lipinski definition) is 2. The molecule has 0 aliphatic carbocycles. The SMILES string of the molecule is Cc1c(C(=O)O)n(C)c2ccc(O)c(Br)c12. The third-order valence-electron chi connectivity index (χ3n) is 2.73. The number of aryl methyl sites for hydroxylation is 2. The van der Waals surface area contributed by atoms with Crippen LogP contribution >= 0.6 is 15.9 Å². The van der Waals surface area contributed by atoms with E-state index in [0.29, 0.717) is 10.0 Å². The first-order chi connectivity index (χ1) is 7.45. The Morgan fingerprint density at radius 1 is 1.44 bits per heavy atom. The van der Waals surface area contributed by atoms with E-state index in [9.17, 15) is 9.90 Å². The van der Waals surface area contributed by atoms with E-state index < -0.39 is 5.97 Å². The maximum atomic E-state index is 11.1. The van der Waals surface area contributed by atoms with Crippen LogP contribution in [0.3, 0.4) is 0 Å². The average Bonchev–Trinajstić information content (AvgIpc) is 2.45. The molecule has 1 heterocycles. The Labute approximate surface area is 100 Å². The number of aromatic nitrogens is 1. The van der Waals surface area contributed by atoms with Crippen molar-refractivity contribution in [2.75, 3.05) is 0 Å². The van der Waals surface area contributed by atoms with E-state index in [4.69, 9.17) is 5.11 Å².